The summed E-state index contributed by atoms with van der Waals surface area (Å²) in [6, 6.07) is 5.60. The van der Waals surface area contributed by atoms with E-state index in [4.69, 9.17) is 9.47 Å². The van der Waals surface area contributed by atoms with Crippen LogP contribution in [0.2, 0.25) is 0 Å². The molecule has 7 nitrogen and oxygen atoms in total. The zero-order chi connectivity index (χ0) is 17.8. The van der Waals surface area contributed by atoms with Gasteiger partial charge >= 0.3 is 6.03 Å². The van der Waals surface area contributed by atoms with Crippen molar-refractivity contribution in [2.45, 2.75) is 37.8 Å². The fourth-order valence-electron chi connectivity index (χ4n) is 3.27. The fraction of sp³-hybridized carbons (Fsp3) is 0.556. The van der Waals surface area contributed by atoms with Crippen molar-refractivity contribution in [2.75, 3.05) is 27.3 Å². The molecule has 3 rings (SSSR count). The van der Waals surface area contributed by atoms with Gasteiger partial charge in [0, 0.05) is 17.6 Å². The topological polar surface area (TPSA) is 79.9 Å². The Bertz CT molecular complexity index is 645. The van der Waals surface area contributed by atoms with Crippen LogP contribution in [0, 0.1) is 0 Å². The Hall–Kier alpha value is -2.28. The molecule has 3 amide bonds. The van der Waals surface area contributed by atoms with E-state index in [1.807, 2.05) is 18.2 Å². The molecule has 1 aromatic carbocycles. The first-order chi connectivity index (χ1) is 12.1. The number of benzene rings is 1. The Morgan fingerprint density at radius 2 is 2.00 bits per heavy atom. The molecule has 1 heterocycles. The standard InChI is InChI=1S/C18H25N3O4/c1-24-13-7-8-16(25-2)14(10-13)15-4-3-9-21(15)11-17(22)20-18(23)19-12-5-6-12/h7-8,10,12,15H,3-6,9,11H2,1-2H3,(H2,19,20,22,23)/t15-/m0/s1. The van der Waals surface area contributed by atoms with Crippen LogP contribution in [0.15, 0.2) is 18.2 Å². The highest BCUT2D eigenvalue weighted by atomic mass is 16.5. The number of urea groups is 1. The lowest BCUT2D eigenvalue weighted by Crippen LogP contribution is -2.45. The second-order valence-electron chi connectivity index (χ2n) is 6.53. The van der Waals surface area contributed by atoms with Gasteiger partial charge < -0.3 is 14.8 Å². The Morgan fingerprint density at radius 3 is 2.68 bits per heavy atom. The lowest BCUT2D eigenvalue weighted by atomic mass is 10.0. The van der Waals surface area contributed by atoms with Gasteiger partial charge in [0.1, 0.15) is 11.5 Å². The van der Waals surface area contributed by atoms with Crippen molar-refractivity contribution in [1.82, 2.24) is 15.5 Å². The Balaban J connectivity index is 1.65. The Labute approximate surface area is 147 Å². The number of ether oxygens (including phenoxy) is 2. The number of carbonyl (C=O) groups excluding carboxylic acids is 2. The number of imide groups is 1. The number of rotatable bonds is 6. The molecule has 7 heteroatoms. The maximum Gasteiger partial charge on any atom is 0.321 e. The summed E-state index contributed by atoms with van der Waals surface area (Å²) < 4.78 is 10.8. The van der Waals surface area contributed by atoms with Crippen molar-refractivity contribution in [3.05, 3.63) is 23.8 Å². The SMILES string of the molecule is COc1ccc(OC)c([C@@H]2CCCN2CC(=O)NC(=O)NC2CC2)c1. The van der Waals surface area contributed by atoms with Crippen molar-refractivity contribution in [3.63, 3.8) is 0 Å². The third kappa shape index (κ3) is 4.42. The molecule has 1 aliphatic heterocycles. The van der Waals surface area contributed by atoms with Gasteiger partial charge in [0.2, 0.25) is 5.91 Å². The lowest BCUT2D eigenvalue weighted by Gasteiger charge is -2.25. The van der Waals surface area contributed by atoms with E-state index in [1.165, 1.54) is 0 Å². The number of methoxy groups -OCH3 is 2. The van der Waals surface area contributed by atoms with Crippen molar-refractivity contribution >= 4 is 11.9 Å². The second kappa shape index (κ2) is 7.74. The van der Waals surface area contributed by atoms with Gasteiger partial charge in [-0.2, -0.15) is 0 Å². The van der Waals surface area contributed by atoms with E-state index >= 15 is 0 Å². The molecule has 2 aliphatic rings. The van der Waals surface area contributed by atoms with Crippen LogP contribution >= 0.6 is 0 Å². The van der Waals surface area contributed by atoms with E-state index in [0.29, 0.717) is 0 Å². The van der Waals surface area contributed by atoms with E-state index in [0.717, 1.165) is 49.3 Å². The van der Waals surface area contributed by atoms with Crippen molar-refractivity contribution in [2.24, 2.45) is 0 Å². The summed E-state index contributed by atoms with van der Waals surface area (Å²) in [7, 11) is 3.27. The molecule has 0 spiro atoms. The third-order valence-corrected chi connectivity index (χ3v) is 4.67. The van der Waals surface area contributed by atoms with Crippen molar-refractivity contribution in [3.8, 4) is 11.5 Å². The molecule has 0 bridgehead atoms. The number of nitrogens with one attached hydrogen (secondary N) is 2. The quantitative estimate of drug-likeness (QED) is 0.821. The maximum atomic E-state index is 12.2. The molecule has 0 unspecified atom stereocenters. The first-order valence-electron chi connectivity index (χ1n) is 8.67. The minimum atomic E-state index is -0.401. The van der Waals surface area contributed by atoms with Gasteiger partial charge in [-0.05, 0) is 50.4 Å². The zero-order valence-corrected chi connectivity index (χ0v) is 14.7. The molecular formula is C18H25N3O4. The second-order valence-corrected chi connectivity index (χ2v) is 6.53. The normalized spacial score (nSPS) is 20.2. The van der Waals surface area contributed by atoms with Crippen molar-refractivity contribution in [1.29, 1.82) is 0 Å². The van der Waals surface area contributed by atoms with Crippen molar-refractivity contribution < 1.29 is 19.1 Å². The smallest absolute Gasteiger partial charge is 0.321 e. The van der Waals surface area contributed by atoms with E-state index in [-0.39, 0.29) is 24.5 Å². The minimum Gasteiger partial charge on any atom is -0.497 e. The maximum absolute atomic E-state index is 12.2. The summed E-state index contributed by atoms with van der Waals surface area (Å²) in [5.74, 6) is 1.26. The van der Waals surface area contributed by atoms with E-state index in [9.17, 15) is 9.59 Å². The predicted molar refractivity (Wildman–Crippen MR) is 92.8 cm³/mol. The van der Waals surface area contributed by atoms with Gasteiger partial charge in [-0.15, -0.1) is 0 Å². The predicted octanol–water partition coefficient (Wildman–Crippen LogP) is 1.83. The molecule has 136 valence electrons. The summed E-state index contributed by atoms with van der Waals surface area (Å²) in [5, 5.41) is 5.17. The number of amides is 3. The van der Waals surface area contributed by atoms with Gasteiger partial charge in [0.15, 0.2) is 0 Å². The Morgan fingerprint density at radius 1 is 1.20 bits per heavy atom. The summed E-state index contributed by atoms with van der Waals surface area (Å²) in [5.41, 5.74) is 1.01. The number of hydrogen-bond donors (Lipinski definition) is 2. The van der Waals surface area contributed by atoms with Crippen LogP contribution in [0.5, 0.6) is 11.5 Å². The number of hydrogen-bond acceptors (Lipinski definition) is 5. The monoisotopic (exact) mass is 347 g/mol. The fourth-order valence-corrected chi connectivity index (χ4v) is 3.27. The summed E-state index contributed by atoms with van der Waals surface area (Å²) in [4.78, 5) is 26.0. The number of carbonyl (C=O) groups is 2. The lowest BCUT2D eigenvalue weighted by molar-refractivity contribution is -0.121. The average molecular weight is 347 g/mol. The molecule has 1 aliphatic carbocycles. The molecule has 1 saturated carbocycles. The molecule has 1 atom stereocenters. The van der Waals surface area contributed by atoms with Crippen LogP contribution in [-0.2, 0) is 4.79 Å². The van der Waals surface area contributed by atoms with Crippen LogP contribution in [-0.4, -0.2) is 50.2 Å². The van der Waals surface area contributed by atoms with Crippen LogP contribution in [0.3, 0.4) is 0 Å². The van der Waals surface area contributed by atoms with E-state index in [2.05, 4.69) is 15.5 Å². The first kappa shape index (κ1) is 17.5. The third-order valence-electron chi connectivity index (χ3n) is 4.67. The van der Waals surface area contributed by atoms with Gasteiger partial charge in [-0.1, -0.05) is 0 Å². The van der Waals surface area contributed by atoms with Crippen LogP contribution in [0.1, 0.15) is 37.3 Å². The van der Waals surface area contributed by atoms with Gasteiger partial charge in [0.05, 0.1) is 20.8 Å². The molecule has 1 saturated heterocycles. The van der Waals surface area contributed by atoms with E-state index in [1.54, 1.807) is 14.2 Å². The minimum absolute atomic E-state index is 0.0716. The highest BCUT2D eigenvalue weighted by molar-refractivity contribution is 5.95. The number of likely N-dealkylation sites (tertiary alicyclic amines) is 1. The summed E-state index contributed by atoms with van der Waals surface area (Å²) in [6.07, 6.45) is 3.91. The average Bonchev–Trinajstić information content (AvgIpc) is 3.29. The molecule has 2 N–H and O–H groups in total. The van der Waals surface area contributed by atoms with Crippen LogP contribution in [0.4, 0.5) is 4.79 Å². The van der Waals surface area contributed by atoms with Gasteiger partial charge in [-0.3, -0.25) is 15.0 Å². The van der Waals surface area contributed by atoms with Crippen LogP contribution in [0.25, 0.3) is 0 Å². The summed E-state index contributed by atoms with van der Waals surface area (Å²) >= 11 is 0. The Kier molecular flexibility index (Phi) is 5.43. The highest BCUT2D eigenvalue weighted by Crippen LogP contribution is 2.38. The number of nitrogens with zero attached hydrogens (tertiary/aromatic N) is 1. The zero-order valence-electron chi connectivity index (χ0n) is 14.7. The van der Waals surface area contributed by atoms with Crippen LogP contribution < -0.4 is 20.1 Å². The largest absolute Gasteiger partial charge is 0.497 e. The van der Waals surface area contributed by atoms with Gasteiger partial charge in [-0.25, -0.2) is 4.79 Å². The first-order valence-corrected chi connectivity index (χ1v) is 8.67. The molecule has 2 fully saturated rings. The molecular weight excluding hydrogens is 322 g/mol. The molecule has 25 heavy (non-hydrogen) atoms. The molecule has 1 aromatic rings. The molecule has 0 aromatic heterocycles. The van der Waals surface area contributed by atoms with Gasteiger partial charge in [0.25, 0.3) is 0 Å². The highest BCUT2D eigenvalue weighted by Gasteiger charge is 2.31. The van der Waals surface area contributed by atoms with E-state index < -0.39 is 6.03 Å². The molecule has 0 radical (unpaired) electrons. The summed E-state index contributed by atoms with van der Waals surface area (Å²) in [6.45, 7) is 0.992.